The average molecular weight is 401 g/mol. The lowest BCUT2D eigenvalue weighted by Gasteiger charge is -2.42. The number of aromatic amines is 1. The molecule has 6 nitrogen and oxygen atoms in total. The number of nitrogens with one attached hydrogen (secondary N) is 1. The van der Waals surface area contributed by atoms with Crippen LogP contribution in [0.15, 0.2) is 30.5 Å². The van der Waals surface area contributed by atoms with Crippen LogP contribution in [0.25, 0.3) is 22.4 Å². The zero-order valence-electron chi connectivity index (χ0n) is 17.3. The average Bonchev–Trinajstić information content (AvgIpc) is 3.17. The summed E-state index contributed by atoms with van der Waals surface area (Å²) >= 11 is 0. The minimum absolute atomic E-state index is 0. The standard InChI is InChI=1S/C22H29FN6.2H2/c1-4-22(2,3)20(24)14-7-6-12-29(13-14)17-10-9-16(23)19(26-17)18-15-8-5-11-25-21(15)28-27-18;;/h5,8-11,14,20H,4,6-7,12-13,24H2,1-3H3,(H,25,27,28);2*1H. The minimum atomic E-state index is -0.375. The molecule has 1 aliphatic heterocycles. The highest BCUT2D eigenvalue weighted by atomic mass is 19.1. The Bertz CT molecular complexity index is 1010. The smallest absolute Gasteiger partial charge is 0.181 e. The summed E-state index contributed by atoms with van der Waals surface area (Å²) in [6.45, 7) is 8.41. The van der Waals surface area contributed by atoms with Crippen LogP contribution >= 0.6 is 0 Å². The van der Waals surface area contributed by atoms with Gasteiger partial charge in [0, 0.05) is 33.6 Å². The van der Waals surface area contributed by atoms with Crippen molar-refractivity contribution < 1.29 is 7.24 Å². The molecule has 0 saturated carbocycles. The Balaban J connectivity index is 0.00000171. The third-order valence-electron chi connectivity index (χ3n) is 6.50. The molecule has 4 heterocycles. The van der Waals surface area contributed by atoms with Crippen molar-refractivity contribution in [2.24, 2.45) is 17.1 Å². The molecular weight excluding hydrogens is 367 g/mol. The molecule has 3 N–H and O–H groups in total. The summed E-state index contributed by atoms with van der Waals surface area (Å²) < 4.78 is 14.7. The third-order valence-corrected chi connectivity index (χ3v) is 6.50. The molecule has 29 heavy (non-hydrogen) atoms. The molecule has 4 rings (SSSR count). The molecule has 1 saturated heterocycles. The number of nitrogens with zero attached hydrogens (tertiary/aromatic N) is 4. The van der Waals surface area contributed by atoms with Crippen molar-refractivity contribution >= 4 is 16.9 Å². The second kappa shape index (κ2) is 7.71. The summed E-state index contributed by atoms with van der Waals surface area (Å²) in [4.78, 5) is 11.1. The van der Waals surface area contributed by atoms with E-state index < -0.39 is 0 Å². The molecule has 0 spiro atoms. The van der Waals surface area contributed by atoms with Crippen molar-refractivity contribution in [2.45, 2.75) is 46.1 Å². The first-order valence-corrected chi connectivity index (χ1v) is 10.4. The molecule has 0 aromatic carbocycles. The van der Waals surface area contributed by atoms with Crippen LogP contribution in [-0.4, -0.2) is 39.3 Å². The molecule has 1 aliphatic rings. The zero-order chi connectivity index (χ0) is 20.6. The predicted octanol–water partition coefficient (Wildman–Crippen LogP) is 4.63. The van der Waals surface area contributed by atoms with E-state index in [4.69, 9.17) is 5.73 Å². The Morgan fingerprint density at radius 1 is 1.38 bits per heavy atom. The summed E-state index contributed by atoms with van der Waals surface area (Å²) in [6, 6.07) is 7.06. The normalized spacial score (nSPS) is 18.9. The van der Waals surface area contributed by atoms with Gasteiger partial charge in [-0.2, -0.15) is 5.10 Å². The Morgan fingerprint density at radius 2 is 2.21 bits per heavy atom. The fraction of sp³-hybridized carbons (Fsp3) is 0.500. The van der Waals surface area contributed by atoms with Gasteiger partial charge in [-0.05, 0) is 54.9 Å². The Labute approximate surface area is 173 Å². The lowest BCUT2D eigenvalue weighted by atomic mass is 9.73. The van der Waals surface area contributed by atoms with Crippen LogP contribution in [0.2, 0.25) is 0 Å². The maximum absolute atomic E-state index is 14.7. The number of rotatable bonds is 5. The SMILES string of the molecule is CCC(C)(C)C(N)C1CCCN(c2ccc(F)c(-c3[nH]nc4ncccc34)n2)C1.[HH].[HH]. The van der Waals surface area contributed by atoms with E-state index in [1.54, 1.807) is 12.3 Å². The van der Waals surface area contributed by atoms with Crippen LogP contribution in [0.1, 0.15) is 42.9 Å². The van der Waals surface area contributed by atoms with Crippen molar-refractivity contribution in [3.63, 3.8) is 0 Å². The van der Waals surface area contributed by atoms with Crippen LogP contribution < -0.4 is 10.6 Å². The predicted molar refractivity (Wildman–Crippen MR) is 118 cm³/mol. The number of halogens is 1. The maximum Gasteiger partial charge on any atom is 0.181 e. The van der Waals surface area contributed by atoms with E-state index in [2.05, 4.69) is 45.8 Å². The monoisotopic (exact) mass is 400 g/mol. The van der Waals surface area contributed by atoms with Crippen molar-refractivity contribution in [3.8, 4) is 11.4 Å². The van der Waals surface area contributed by atoms with Crippen LogP contribution in [0.4, 0.5) is 10.2 Å². The highest BCUT2D eigenvalue weighted by Crippen LogP contribution is 2.34. The van der Waals surface area contributed by atoms with Gasteiger partial charge in [-0.25, -0.2) is 14.4 Å². The number of nitrogens with two attached hydrogens (primary N) is 1. The van der Waals surface area contributed by atoms with Gasteiger partial charge in [-0.1, -0.05) is 20.8 Å². The van der Waals surface area contributed by atoms with Crippen molar-refractivity contribution in [1.82, 2.24) is 20.2 Å². The highest BCUT2D eigenvalue weighted by molar-refractivity contribution is 5.89. The van der Waals surface area contributed by atoms with Crippen LogP contribution in [0, 0.1) is 17.2 Å². The van der Waals surface area contributed by atoms with E-state index in [1.165, 1.54) is 6.07 Å². The van der Waals surface area contributed by atoms with Crippen molar-refractivity contribution in [1.29, 1.82) is 0 Å². The molecule has 0 aliphatic carbocycles. The first kappa shape index (κ1) is 19.8. The van der Waals surface area contributed by atoms with Gasteiger partial charge < -0.3 is 10.6 Å². The van der Waals surface area contributed by atoms with Crippen LogP contribution in [0.3, 0.4) is 0 Å². The van der Waals surface area contributed by atoms with Gasteiger partial charge in [0.1, 0.15) is 11.5 Å². The maximum atomic E-state index is 14.7. The first-order valence-electron chi connectivity index (χ1n) is 10.4. The Hall–Kier alpha value is -2.54. The number of hydrogen-bond acceptors (Lipinski definition) is 5. The molecule has 3 aromatic heterocycles. The lowest BCUT2D eigenvalue weighted by Crippen LogP contribution is -2.50. The van der Waals surface area contributed by atoms with Gasteiger partial charge in [0.15, 0.2) is 11.5 Å². The van der Waals surface area contributed by atoms with E-state index >= 15 is 0 Å². The molecule has 1 fully saturated rings. The second-order valence-electron chi connectivity index (χ2n) is 8.69. The summed E-state index contributed by atoms with van der Waals surface area (Å²) in [5.74, 6) is 0.797. The Kier molecular flexibility index (Phi) is 5.25. The van der Waals surface area contributed by atoms with Crippen molar-refractivity contribution in [3.05, 3.63) is 36.3 Å². The molecule has 2 unspecified atom stereocenters. The lowest BCUT2D eigenvalue weighted by molar-refractivity contribution is 0.188. The molecule has 0 bridgehead atoms. The Morgan fingerprint density at radius 3 is 3.00 bits per heavy atom. The molecule has 2 atom stereocenters. The summed E-state index contributed by atoms with van der Waals surface area (Å²) in [6.07, 6.45) is 4.89. The summed E-state index contributed by atoms with van der Waals surface area (Å²) in [5, 5.41) is 7.84. The van der Waals surface area contributed by atoms with Gasteiger partial charge >= 0.3 is 0 Å². The molecule has 3 aromatic rings. The summed E-state index contributed by atoms with van der Waals surface area (Å²) in [7, 11) is 0. The van der Waals surface area contributed by atoms with Crippen molar-refractivity contribution in [2.75, 3.05) is 18.0 Å². The molecule has 0 radical (unpaired) electrons. The van der Waals surface area contributed by atoms with E-state index in [0.29, 0.717) is 17.3 Å². The first-order chi connectivity index (χ1) is 13.9. The van der Waals surface area contributed by atoms with E-state index in [0.717, 1.165) is 43.6 Å². The quantitative estimate of drug-likeness (QED) is 0.652. The number of hydrogen-bond donors (Lipinski definition) is 2. The summed E-state index contributed by atoms with van der Waals surface area (Å²) in [5.41, 5.74) is 8.13. The second-order valence-corrected chi connectivity index (χ2v) is 8.69. The number of aromatic nitrogens is 4. The largest absolute Gasteiger partial charge is 0.356 e. The topological polar surface area (TPSA) is 83.7 Å². The molecule has 158 valence electrons. The van der Waals surface area contributed by atoms with Crippen LogP contribution in [0.5, 0.6) is 0 Å². The minimum Gasteiger partial charge on any atom is -0.356 e. The van der Waals surface area contributed by atoms with Gasteiger partial charge in [0.05, 0.1) is 5.69 Å². The van der Waals surface area contributed by atoms with Gasteiger partial charge in [-0.15, -0.1) is 0 Å². The van der Waals surface area contributed by atoms with Gasteiger partial charge in [0.25, 0.3) is 0 Å². The number of pyridine rings is 2. The van der Waals surface area contributed by atoms with E-state index in [-0.39, 0.29) is 25.8 Å². The number of anilines is 1. The van der Waals surface area contributed by atoms with E-state index in [9.17, 15) is 4.39 Å². The highest BCUT2D eigenvalue weighted by Gasteiger charge is 2.34. The molecule has 0 amide bonds. The fourth-order valence-electron chi connectivity index (χ4n) is 4.20. The van der Waals surface area contributed by atoms with Gasteiger partial charge in [-0.3, -0.25) is 5.10 Å². The van der Waals surface area contributed by atoms with Crippen LogP contribution in [-0.2, 0) is 0 Å². The van der Waals surface area contributed by atoms with Gasteiger partial charge in [0.2, 0.25) is 0 Å². The molecule has 7 heteroatoms. The third kappa shape index (κ3) is 3.71. The number of piperidine rings is 1. The van der Waals surface area contributed by atoms with E-state index in [1.807, 2.05) is 12.1 Å². The number of H-pyrrole nitrogens is 1. The number of fused-ring (bicyclic) bond motifs is 1. The fourth-order valence-corrected chi connectivity index (χ4v) is 4.20. The molecular formula is C22H33FN6. The zero-order valence-corrected chi connectivity index (χ0v) is 17.3.